The fourth-order valence-electron chi connectivity index (χ4n) is 3.18. The molecule has 0 saturated heterocycles. The van der Waals surface area contributed by atoms with Crippen molar-refractivity contribution in [2.45, 2.75) is 13.8 Å². The number of aryl methyl sites for hydroxylation is 2. The second-order valence-electron chi connectivity index (χ2n) is 6.76. The number of thiazole rings is 1. The minimum absolute atomic E-state index is 0.00717. The van der Waals surface area contributed by atoms with Crippen molar-refractivity contribution in [3.63, 3.8) is 0 Å². The average molecular weight is 422 g/mol. The van der Waals surface area contributed by atoms with Crippen LogP contribution in [0.25, 0.3) is 16.2 Å². The number of methoxy groups -OCH3 is 1. The molecule has 2 heterocycles. The number of non-ortho nitro benzene ring substituents is 1. The molecule has 0 spiro atoms. The van der Waals surface area contributed by atoms with Gasteiger partial charge in [0, 0.05) is 29.6 Å². The first-order chi connectivity index (χ1) is 14.4. The van der Waals surface area contributed by atoms with Gasteiger partial charge >= 0.3 is 0 Å². The van der Waals surface area contributed by atoms with E-state index < -0.39 is 4.92 Å². The van der Waals surface area contributed by atoms with E-state index in [2.05, 4.69) is 10.3 Å². The maximum atomic E-state index is 12.9. The molecule has 30 heavy (non-hydrogen) atoms. The van der Waals surface area contributed by atoms with Crippen molar-refractivity contribution in [3.05, 3.63) is 74.9 Å². The van der Waals surface area contributed by atoms with Crippen LogP contribution in [0.4, 0.5) is 11.4 Å². The number of nitro groups is 1. The third-order valence-electron chi connectivity index (χ3n) is 4.72. The summed E-state index contributed by atoms with van der Waals surface area (Å²) in [5, 5.41) is 13.9. The molecule has 2 aromatic carbocycles. The second kappa shape index (κ2) is 7.60. The number of nitrogens with one attached hydrogen (secondary N) is 1. The number of nitrogens with zero attached hydrogens (tertiary/aromatic N) is 3. The lowest BCUT2D eigenvalue weighted by molar-refractivity contribution is -0.384. The van der Waals surface area contributed by atoms with Crippen LogP contribution < -0.4 is 10.1 Å². The normalized spacial score (nSPS) is 10.9. The van der Waals surface area contributed by atoms with E-state index in [1.54, 1.807) is 25.4 Å². The van der Waals surface area contributed by atoms with Crippen LogP contribution in [0.15, 0.2) is 48.7 Å². The van der Waals surface area contributed by atoms with E-state index in [-0.39, 0.29) is 11.6 Å². The second-order valence-corrected chi connectivity index (χ2v) is 7.74. The molecule has 1 N–H and O–H groups in total. The molecule has 0 fully saturated rings. The highest BCUT2D eigenvalue weighted by atomic mass is 32.1. The number of aromatic nitrogens is 2. The van der Waals surface area contributed by atoms with Crippen molar-refractivity contribution in [2.75, 3.05) is 12.4 Å². The Bertz CT molecular complexity index is 1290. The van der Waals surface area contributed by atoms with E-state index in [1.165, 1.54) is 23.5 Å². The quantitative estimate of drug-likeness (QED) is 0.366. The number of hydrogen-bond acceptors (Lipinski definition) is 6. The van der Waals surface area contributed by atoms with E-state index in [0.717, 1.165) is 11.3 Å². The monoisotopic (exact) mass is 422 g/mol. The maximum absolute atomic E-state index is 12.9. The van der Waals surface area contributed by atoms with Crippen molar-refractivity contribution < 1.29 is 14.5 Å². The molecular weight excluding hydrogens is 404 g/mol. The van der Waals surface area contributed by atoms with Gasteiger partial charge in [-0.25, -0.2) is 4.98 Å². The summed E-state index contributed by atoms with van der Waals surface area (Å²) in [6.07, 6.45) is 1.78. The number of hydrogen-bond donors (Lipinski definition) is 1. The minimum Gasteiger partial charge on any atom is -0.495 e. The molecule has 2 aromatic heterocycles. The zero-order chi connectivity index (χ0) is 21.4. The number of imidazole rings is 1. The number of ether oxygens (including phenoxy) is 1. The van der Waals surface area contributed by atoms with Gasteiger partial charge in [-0.05, 0) is 31.5 Å². The number of rotatable bonds is 5. The standard InChI is InChI=1S/C21H18N4O4S/c1-12-7-8-18(29-3)16(9-12)22-20(26)19-13(2)24-11-17(23-21(24)30-19)14-5-4-6-15(10-14)25(27)28/h4-11H,1-3H3,(H,22,26). The molecule has 0 aliphatic heterocycles. The zero-order valence-corrected chi connectivity index (χ0v) is 17.3. The highest BCUT2D eigenvalue weighted by molar-refractivity contribution is 7.19. The van der Waals surface area contributed by atoms with Crippen LogP contribution >= 0.6 is 11.3 Å². The molecule has 4 aromatic rings. The number of nitro benzene ring substituents is 1. The molecule has 8 nitrogen and oxygen atoms in total. The van der Waals surface area contributed by atoms with Crippen LogP contribution in [0.5, 0.6) is 5.75 Å². The Kier molecular flexibility index (Phi) is 4.96. The molecule has 0 aliphatic carbocycles. The Morgan fingerprint density at radius 3 is 2.73 bits per heavy atom. The first-order valence-corrected chi connectivity index (χ1v) is 9.88. The summed E-state index contributed by atoms with van der Waals surface area (Å²) in [7, 11) is 1.56. The van der Waals surface area contributed by atoms with Gasteiger partial charge in [0.05, 0.1) is 23.4 Å². The van der Waals surface area contributed by atoms with Gasteiger partial charge in [-0.1, -0.05) is 29.5 Å². The number of fused-ring (bicyclic) bond motifs is 1. The SMILES string of the molecule is COc1ccc(C)cc1NC(=O)c1sc2nc(-c3cccc([N+](=O)[O-])c3)cn2c1C. The lowest BCUT2D eigenvalue weighted by atomic mass is 10.1. The van der Waals surface area contributed by atoms with Crippen molar-refractivity contribution in [3.8, 4) is 17.0 Å². The highest BCUT2D eigenvalue weighted by Gasteiger charge is 2.20. The van der Waals surface area contributed by atoms with E-state index >= 15 is 0 Å². The van der Waals surface area contributed by atoms with Crippen molar-refractivity contribution in [1.82, 2.24) is 9.38 Å². The number of amides is 1. The van der Waals surface area contributed by atoms with Crippen LogP contribution in [0.1, 0.15) is 20.9 Å². The largest absolute Gasteiger partial charge is 0.495 e. The molecular formula is C21H18N4O4S. The van der Waals surface area contributed by atoms with Gasteiger partial charge in [-0.15, -0.1) is 0 Å². The highest BCUT2D eigenvalue weighted by Crippen LogP contribution is 2.31. The molecule has 0 atom stereocenters. The van der Waals surface area contributed by atoms with Crippen LogP contribution in [0.3, 0.4) is 0 Å². The number of carbonyl (C=O) groups is 1. The summed E-state index contributed by atoms with van der Waals surface area (Å²) >= 11 is 1.26. The van der Waals surface area contributed by atoms with Crippen molar-refractivity contribution in [2.24, 2.45) is 0 Å². The van der Waals surface area contributed by atoms with Gasteiger partial charge in [-0.2, -0.15) is 0 Å². The molecule has 4 rings (SSSR count). The molecule has 0 bridgehead atoms. The summed E-state index contributed by atoms with van der Waals surface area (Å²) in [4.78, 5) is 29.2. The fourth-order valence-corrected chi connectivity index (χ4v) is 4.18. The Morgan fingerprint density at radius 2 is 2.03 bits per heavy atom. The Hall–Kier alpha value is -3.72. The van der Waals surface area contributed by atoms with Gasteiger partial charge in [0.25, 0.3) is 11.6 Å². The van der Waals surface area contributed by atoms with E-state index in [1.807, 2.05) is 36.4 Å². The van der Waals surface area contributed by atoms with Gasteiger partial charge in [0.1, 0.15) is 10.6 Å². The van der Waals surface area contributed by atoms with Crippen LogP contribution in [0.2, 0.25) is 0 Å². The molecule has 1 amide bonds. The first-order valence-electron chi connectivity index (χ1n) is 9.06. The lowest BCUT2D eigenvalue weighted by Crippen LogP contribution is -2.12. The Labute approximate surface area is 175 Å². The van der Waals surface area contributed by atoms with Crippen LogP contribution in [-0.2, 0) is 0 Å². The Morgan fingerprint density at radius 1 is 1.23 bits per heavy atom. The third kappa shape index (κ3) is 3.50. The van der Waals surface area contributed by atoms with E-state index in [0.29, 0.717) is 32.5 Å². The van der Waals surface area contributed by atoms with Crippen LogP contribution in [0, 0.1) is 24.0 Å². The number of benzene rings is 2. The number of anilines is 1. The summed E-state index contributed by atoms with van der Waals surface area (Å²) in [5.41, 5.74) is 3.61. The predicted octanol–water partition coefficient (Wildman–Crippen LogP) is 4.85. The minimum atomic E-state index is -0.435. The van der Waals surface area contributed by atoms with E-state index in [9.17, 15) is 14.9 Å². The van der Waals surface area contributed by atoms with Crippen molar-refractivity contribution in [1.29, 1.82) is 0 Å². The van der Waals surface area contributed by atoms with Gasteiger partial charge in [0.15, 0.2) is 4.96 Å². The average Bonchev–Trinajstić information content (AvgIpc) is 3.28. The van der Waals surface area contributed by atoms with Gasteiger partial charge in [-0.3, -0.25) is 19.3 Å². The molecule has 0 unspecified atom stereocenters. The lowest BCUT2D eigenvalue weighted by Gasteiger charge is -2.10. The molecule has 0 aliphatic rings. The van der Waals surface area contributed by atoms with E-state index in [4.69, 9.17) is 4.74 Å². The first kappa shape index (κ1) is 19.6. The summed E-state index contributed by atoms with van der Waals surface area (Å²) in [6, 6.07) is 11.9. The summed E-state index contributed by atoms with van der Waals surface area (Å²) in [5.74, 6) is 0.338. The summed E-state index contributed by atoms with van der Waals surface area (Å²) in [6.45, 7) is 3.78. The Balaban J connectivity index is 1.66. The number of carbonyl (C=O) groups excluding carboxylic acids is 1. The van der Waals surface area contributed by atoms with Gasteiger partial charge in [0.2, 0.25) is 0 Å². The summed E-state index contributed by atoms with van der Waals surface area (Å²) < 4.78 is 7.15. The van der Waals surface area contributed by atoms with Crippen molar-refractivity contribution >= 4 is 33.6 Å². The maximum Gasteiger partial charge on any atom is 0.270 e. The topological polar surface area (TPSA) is 98.8 Å². The fraction of sp³-hybridized carbons (Fsp3) is 0.143. The zero-order valence-electron chi connectivity index (χ0n) is 16.5. The van der Waals surface area contributed by atoms with Gasteiger partial charge < -0.3 is 10.1 Å². The molecule has 152 valence electrons. The smallest absolute Gasteiger partial charge is 0.270 e. The molecule has 0 saturated carbocycles. The third-order valence-corrected chi connectivity index (χ3v) is 5.87. The predicted molar refractivity (Wildman–Crippen MR) is 116 cm³/mol. The molecule has 9 heteroatoms. The van der Waals surface area contributed by atoms with Crippen LogP contribution in [-0.4, -0.2) is 27.3 Å². The molecule has 0 radical (unpaired) electrons.